The van der Waals surface area contributed by atoms with E-state index in [0.29, 0.717) is 17.2 Å². The molecule has 0 atom stereocenters. The van der Waals surface area contributed by atoms with Gasteiger partial charge in [-0.2, -0.15) is 0 Å². The molecule has 36 heavy (non-hydrogen) atoms. The largest absolute Gasteiger partial charge is 0.381 e. The van der Waals surface area contributed by atoms with Gasteiger partial charge in [-0.3, -0.25) is 14.5 Å². The standard InChI is InChI=1S/C28H40N4O4/c1-5-32(23-6-10-35-11-7-23)26-16-22(18-31-8-12-36-13-9-31)15-24(21(26)4)27(33)29-17-25-19(2)14-20(3)30-28(25)34/h14-16,23H,5-13,17-18H2,1-4H3,(H,29,33)(H,30,34). The summed E-state index contributed by atoms with van der Waals surface area (Å²) in [6.07, 6.45) is 1.97. The van der Waals surface area contributed by atoms with Crippen molar-refractivity contribution in [2.24, 2.45) is 0 Å². The molecular weight excluding hydrogens is 456 g/mol. The lowest BCUT2D eigenvalue weighted by molar-refractivity contribution is 0.0342. The minimum absolute atomic E-state index is 0.150. The highest BCUT2D eigenvalue weighted by Crippen LogP contribution is 2.30. The first-order chi connectivity index (χ1) is 17.4. The van der Waals surface area contributed by atoms with E-state index in [9.17, 15) is 9.59 Å². The average Bonchev–Trinajstić information content (AvgIpc) is 2.86. The summed E-state index contributed by atoms with van der Waals surface area (Å²) in [4.78, 5) is 33.6. The summed E-state index contributed by atoms with van der Waals surface area (Å²) in [5.41, 5.74) is 6.02. The highest BCUT2D eigenvalue weighted by molar-refractivity contribution is 5.97. The van der Waals surface area contributed by atoms with Crippen molar-refractivity contribution in [1.29, 1.82) is 0 Å². The Balaban J connectivity index is 1.64. The van der Waals surface area contributed by atoms with Crippen molar-refractivity contribution in [3.8, 4) is 0 Å². The van der Waals surface area contributed by atoms with Crippen molar-refractivity contribution in [3.05, 3.63) is 62.1 Å². The molecule has 2 fully saturated rings. The summed E-state index contributed by atoms with van der Waals surface area (Å²) in [6, 6.07) is 6.61. The third-order valence-corrected chi connectivity index (χ3v) is 7.40. The molecule has 0 aliphatic carbocycles. The molecule has 196 valence electrons. The highest BCUT2D eigenvalue weighted by atomic mass is 16.5. The second-order valence-corrected chi connectivity index (χ2v) is 9.93. The SMILES string of the molecule is CCN(c1cc(CN2CCOCC2)cc(C(=O)NCc2c(C)cc(C)[nH]c2=O)c1C)C1CCOCC1. The first kappa shape index (κ1) is 26.4. The fraction of sp³-hybridized carbons (Fsp3) is 0.571. The number of H-pyrrole nitrogens is 1. The Bertz CT molecular complexity index is 1120. The number of hydrogen-bond donors (Lipinski definition) is 2. The van der Waals surface area contributed by atoms with Crippen LogP contribution in [0.3, 0.4) is 0 Å². The smallest absolute Gasteiger partial charge is 0.253 e. The monoisotopic (exact) mass is 496 g/mol. The number of aromatic nitrogens is 1. The minimum atomic E-state index is -0.153. The summed E-state index contributed by atoms with van der Waals surface area (Å²) in [6.45, 7) is 14.6. The molecule has 2 N–H and O–H groups in total. The maximum atomic E-state index is 13.5. The van der Waals surface area contributed by atoms with Crippen LogP contribution in [0, 0.1) is 20.8 Å². The number of ether oxygens (including phenoxy) is 2. The molecule has 0 spiro atoms. The fourth-order valence-electron chi connectivity index (χ4n) is 5.39. The number of carbonyl (C=O) groups is 1. The number of pyridine rings is 1. The van der Waals surface area contributed by atoms with Crippen LogP contribution < -0.4 is 15.8 Å². The van der Waals surface area contributed by atoms with Crippen molar-refractivity contribution >= 4 is 11.6 Å². The van der Waals surface area contributed by atoms with Crippen LogP contribution >= 0.6 is 0 Å². The Morgan fingerprint density at radius 3 is 2.44 bits per heavy atom. The van der Waals surface area contributed by atoms with Gasteiger partial charge < -0.3 is 24.7 Å². The van der Waals surface area contributed by atoms with Gasteiger partial charge in [0, 0.05) is 74.5 Å². The minimum Gasteiger partial charge on any atom is -0.381 e. The molecule has 2 aliphatic rings. The number of morpholine rings is 1. The zero-order valence-corrected chi connectivity index (χ0v) is 22.1. The molecule has 0 bridgehead atoms. The number of carbonyl (C=O) groups excluding carboxylic acids is 1. The van der Waals surface area contributed by atoms with Crippen LogP contribution in [0.4, 0.5) is 5.69 Å². The predicted octanol–water partition coefficient (Wildman–Crippen LogP) is 3.07. The Kier molecular flexibility index (Phi) is 8.82. The van der Waals surface area contributed by atoms with Crippen LogP contribution in [0.2, 0.25) is 0 Å². The van der Waals surface area contributed by atoms with E-state index in [-0.39, 0.29) is 18.0 Å². The van der Waals surface area contributed by atoms with Crippen LogP contribution in [0.1, 0.15) is 58.1 Å². The van der Waals surface area contributed by atoms with E-state index in [1.807, 2.05) is 32.9 Å². The summed E-state index contributed by atoms with van der Waals surface area (Å²) in [5, 5.41) is 3.02. The molecule has 0 saturated carbocycles. The fourth-order valence-corrected chi connectivity index (χ4v) is 5.39. The number of hydrogen-bond acceptors (Lipinski definition) is 6. The summed E-state index contributed by atoms with van der Waals surface area (Å²) in [7, 11) is 0. The normalized spacial score (nSPS) is 17.2. The molecular formula is C28H40N4O4. The average molecular weight is 497 g/mol. The van der Waals surface area contributed by atoms with Gasteiger partial charge >= 0.3 is 0 Å². The predicted molar refractivity (Wildman–Crippen MR) is 142 cm³/mol. The summed E-state index contributed by atoms with van der Waals surface area (Å²) >= 11 is 0. The van der Waals surface area contributed by atoms with Crippen molar-refractivity contribution in [2.45, 2.75) is 59.7 Å². The number of nitrogens with one attached hydrogen (secondary N) is 2. The quantitative estimate of drug-likeness (QED) is 0.584. The molecule has 2 saturated heterocycles. The molecule has 1 aromatic carbocycles. The molecule has 2 aliphatic heterocycles. The number of anilines is 1. The summed E-state index contributed by atoms with van der Waals surface area (Å²) < 4.78 is 11.1. The van der Waals surface area contributed by atoms with Crippen LogP contribution in [-0.4, -0.2) is 67.9 Å². The summed E-state index contributed by atoms with van der Waals surface area (Å²) in [5.74, 6) is -0.153. The zero-order valence-electron chi connectivity index (χ0n) is 22.1. The zero-order chi connectivity index (χ0) is 25.7. The van der Waals surface area contributed by atoms with Crippen LogP contribution in [0.5, 0.6) is 0 Å². The maximum Gasteiger partial charge on any atom is 0.253 e. The molecule has 8 heteroatoms. The number of benzene rings is 1. The number of rotatable bonds is 8. The third-order valence-electron chi connectivity index (χ3n) is 7.40. The van der Waals surface area contributed by atoms with Crippen molar-refractivity contribution in [2.75, 3.05) is 51.0 Å². The van der Waals surface area contributed by atoms with Gasteiger partial charge in [-0.1, -0.05) is 0 Å². The van der Waals surface area contributed by atoms with Crippen LogP contribution in [0.15, 0.2) is 23.0 Å². The van der Waals surface area contributed by atoms with Gasteiger partial charge in [0.2, 0.25) is 0 Å². The third kappa shape index (κ3) is 6.17. The number of nitrogens with zero attached hydrogens (tertiary/aromatic N) is 2. The number of aryl methyl sites for hydroxylation is 2. The molecule has 0 unspecified atom stereocenters. The van der Waals surface area contributed by atoms with Gasteiger partial charge in [0.05, 0.1) is 13.2 Å². The molecule has 3 heterocycles. The first-order valence-corrected chi connectivity index (χ1v) is 13.1. The van der Waals surface area contributed by atoms with Crippen molar-refractivity contribution in [3.63, 3.8) is 0 Å². The van der Waals surface area contributed by atoms with Gasteiger partial charge in [0.1, 0.15) is 0 Å². The maximum absolute atomic E-state index is 13.5. The molecule has 4 rings (SSSR count). The van der Waals surface area contributed by atoms with Gasteiger partial charge in [0.15, 0.2) is 0 Å². The topological polar surface area (TPSA) is 86.9 Å². The lowest BCUT2D eigenvalue weighted by Crippen LogP contribution is -2.40. The second-order valence-electron chi connectivity index (χ2n) is 9.93. The van der Waals surface area contributed by atoms with Gasteiger partial charge in [-0.05, 0) is 75.4 Å². The van der Waals surface area contributed by atoms with E-state index < -0.39 is 0 Å². The highest BCUT2D eigenvalue weighted by Gasteiger charge is 2.25. The molecule has 1 amide bonds. The number of aromatic amines is 1. The molecule has 1 aromatic heterocycles. The lowest BCUT2D eigenvalue weighted by atomic mass is 9.97. The Morgan fingerprint density at radius 1 is 1.08 bits per heavy atom. The van der Waals surface area contributed by atoms with E-state index in [4.69, 9.17) is 9.47 Å². The van der Waals surface area contributed by atoms with Crippen LogP contribution in [-0.2, 0) is 22.6 Å². The van der Waals surface area contributed by atoms with Crippen LogP contribution in [0.25, 0.3) is 0 Å². The molecule has 2 aromatic rings. The van der Waals surface area contributed by atoms with Gasteiger partial charge in [-0.15, -0.1) is 0 Å². The van der Waals surface area contributed by atoms with E-state index in [1.54, 1.807) is 0 Å². The second kappa shape index (κ2) is 12.0. The Hall–Kier alpha value is -2.68. The van der Waals surface area contributed by atoms with E-state index in [1.165, 1.54) is 0 Å². The number of amides is 1. The van der Waals surface area contributed by atoms with Gasteiger partial charge in [-0.25, -0.2) is 0 Å². The molecule has 0 radical (unpaired) electrons. The van der Waals surface area contributed by atoms with E-state index in [2.05, 4.69) is 33.1 Å². The van der Waals surface area contributed by atoms with Gasteiger partial charge in [0.25, 0.3) is 11.5 Å². The first-order valence-electron chi connectivity index (χ1n) is 13.1. The van der Waals surface area contributed by atoms with E-state index >= 15 is 0 Å². The molecule has 8 nitrogen and oxygen atoms in total. The van der Waals surface area contributed by atoms with Crippen molar-refractivity contribution < 1.29 is 14.3 Å². The van der Waals surface area contributed by atoms with Crippen molar-refractivity contribution in [1.82, 2.24) is 15.2 Å². The Labute approximate surface area is 214 Å². The van der Waals surface area contributed by atoms with E-state index in [0.717, 1.165) is 93.5 Å². The Morgan fingerprint density at radius 2 is 1.78 bits per heavy atom. The lowest BCUT2D eigenvalue weighted by Gasteiger charge is -2.37.